The van der Waals surface area contributed by atoms with Crippen LogP contribution >= 0.6 is 0 Å². The van der Waals surface area contributed by atoms with Gasteiger partial charge in [0.2, 0.25) is 0 Å². The molecule has 134 valence electrons. The Kier molecular flexibility index (Phi) is 6.73. The maximum absolute atomic E-state index is 13.4. The van der Waals surface area contributed by atoms with Crippen LogP contribution in [0.15, 0.2) is 54.6 Å². The van der Waals surface area contributed by atoms with E-state index in [1.807, 2.05) is 63.5 Å². The lowest BCUT2D eigenvalue weighted by molar-refractivity contribution is 0.0666. The molecule has 0 aromatic heterocycles. The van der Waals surface area contributed by atoms with E-state index in [1.165, 1.54) is 5.56 Å². The minimum atomic E-state index is -0.559. The van der Waals surface area contributed by atoms with Crippen LogP contribution in [-0.4, -0.2) is 36.9 Å². The van der Waals surface area contributed by atoms with Crippen LogP contribution in [0.1, 0.15) is 36.2 Å². The van der Waals surface area contributed by atoms with Crippen molar-refractivity contribution in [3.8, 4) is 0 Å². The highest BCUT2D eigenvalue weighted by Gasteiger charge is 2.39. The number of hydrogen-bond acceptors (Lipinski definition) is 4. The number of likely N-dealkylation sites (N-methyl/N-ethyl adjacent to an activating group) is 1. The molecule has 0 fully saturated rings. The molecule has 0 saturated carbocycles. The fraction of sp³-hybridized carbons (Fsp3) is 0.381. The fourth-order valence-corrected chi connectivity index (χ4v) is 3.09. The summed E-state index contributed by atoms with van der Waals surface area (Å²) in [6, 6.07) is 17.7. The molecule has 4 heteroatoms. The van der Waals surface area contributed by atoms with Gasteiger partial charge in [-0.05, 0) is 63.7 Å². The maximum Gasteiger partial charge on any atom is 0.183 e. The fourth-order valence-electron chi connectivity index (χ4n) is 3.09. The molecule has 0 heterocycles. The predicted molar refractivity (Wildman–Crippen MR) is 103 cm³/mol. The Hall–Kier alpha value is -2.17. The zero-order valence-corrected chi connectivity index (χ0v) is 15.6. The van der Waals surface area contributed by atoms with Gasteiger partial charge in [0.25, 0.3) is 0 Å². The smallest absolute Gasteiger partial charge is 0.183 e. The minimum Gasteiger partial charge on any atom is -0.297 e. The zero-order chi connectivity index (χ0) is 18.3. The molecule has 1 unspecified atom stereocenters. The number of nitrogens with zero attached hydrogens (tertiary/aromatic N) is 1. The molecule has 25 heavy (non-hydrogen) atoms. The molecule has 4 nitrogen and oxygen atoms in total. The van der Waals surface area contributed by atoms with Crippen molar-refractivity contribution in [2.24, 2.45) is 0 Å². The Bertz CT molecular complexity index is 668. The molecule has 0 aliphatic heterocycles. The van der Waals surface area contributed by atoms with Crippen LogP contribution in [0, 0.1) is 0 Å². The first-order valence-electron chi connectivity index (χ1n) is 8.77. The highest BCUT2D eigenvalue weighted by atomic mass is 16.6. The van der Waals surface area contributed by atoms with Crippen LogP contribution in [-0.2, 0) is 11.3 Å². The number of hydrogen-bond donors (Lipinski definition) is 1. The average Bonchev–Trinajstić information content (AvgIpc) is 2.65. The highest BCUT2D eigenvalue weighted by Crippen LogP contribution is 2.28. The number of benzene rings is 2. The Labute approximate surface area is 150 Å². The number of anilines is 1. The number of carbonyl (C=O) groups excluding carboxylic acids is 1. The number of Topliss-reactive ketones (excluding diaryl/α,β-unsaturated/α-hetero) is 1. The van der Waals surface area contributed by atoms with E-state index >= 15 is 0 Å². The Balaban J connectivity index is 2.29. The third kappa shape index (κ3) is 4.47. The molecule has 0 aliphatic carbocycles. The minimum absolute atomic E-state index is 0.145. The lowest BCUT2D eigenvalue weighted by Crippen LogP contribution is -2.52. The number of ketones is 1. The quantitative estimate of drug-likeness (QED) is 0.549. The van der Waals surface area contributed by atoms with Crippen LogP contribution in [0.2, 0.25) is 0 Å². The molecule has 0 saturated heterocycles. The lowest BCUT2D eigenvalue weighted by atomic mass is 9.80. The molecule has 1 N–H and O–H groups in total. The predicted octanol–water partition coefficient (Wildman–Crippen LogP) is 4.19. The van der Waals surface area contributed by atoms with Crippen molar-refractivity contribution in [3.63, 3.8) is 0 Å². The first-order chi connectivity index (χ1) is 12.0. The molecular formula is C21H28N2O2. The van der Waals surface area contributed by atoms with Crippen LogP contribution in [0.4, 0.5) is 5.69 Å². The van der Waals surface area contributed by atoms with Gasteiger partial charge in [0.1, 0.15) is 0 Å². The monoisotopic (exact) mass is 340 g/mol. The van der Waals surface area contributed by atoms with Gasteiger partial charge in [0, 0.05) is 5.56 Å². The van der Waals surface area contributed by atoms with Crippen LogP contribution in [0.25, 0.3) is 0 Å². The summed E-state index contributed by atoms with van der Waals surface area (Å²) in [5, 5.41) is 0. The molecular weight excluding hydrogens is 312 g/mol. The van der Waals surface area contributed by atoms with E-state index in [0.29, 0.717) is 18.6 Å². The van der Waals surface area contributed by atoms with E-state index in [9.17, 15) is 4.79 Å². The molecule has 0 amide bonds. The molecule has 2 aromatic rings. The van der Waals surface area contributed by atoms with E-state index in [0.717, 1.165) is 12.1 Å². The maximum atomic E-state index is 13.4. The summed E-state index contributed by atoms with van der Waals surface area (Å²) in [6.07, 6.45) is 1.43. The van der Waals surface area contributed by atoms with Crippen LogP contribution in [0.3, 0.4) is 0 Å². The number of carbonyl (C=O) groups is 1. The van der Waals surface area contributed by atoms with Gasteiger partial charge in [0.05, 0.1) is 17.8 Å². The van der Waals surface area contributed by atoms with Crippen LogP contribution < -0.4 is 5.48 Å². The Morgan fingerprint density at radius 3 is 2.20 bits per heavy atom. The van der Waals surface area contributed by atoms with E-state index in [-0.39, 0.29) is 5.78 Å². The van der Waals surface area contributed by atoms with Gasteiger partial charge < -0.3 is 0 Å². The summed E-state index contributed by atoms with van der Waals surface area (Å²) >= 11 is 0. The van der Waals surface area contributed by atoms with Crippen molar-refractivity contribution in [1.82, 2.24) is 4.90 Å². The molecule has 2 aromatic carbocycles. The lowest BCUT2D eigenvalue weighted by Gasteiger charge is -2.38. The second-order valence-electron chi connectivity index (χ2n) is 6.38. The summed E-state index contributed by atoms with van der Waals surface area (Å²) in [4.78, 5) is 20.6. The molecule has 0 bridgehead atoms. The second-order valence-corrected chi connectivity index (χ2v) is 6.38. The summed E-state index contributed by atoms with van der Waals surface area (Å²) in [5.74, 6) is 0.145. The normalized spacial score (nSPS) is 13.5. The van der Waals surface area contributed by atoms with E-state index in [1.54, 1.807) is 0 Å². The van der Waals surface area contributed by atoms with Crippen LogP contribution in [0.5, 0.6) is 0 Å². The third-order valence-corrected chi connectivity index (χ3v) is 4.68. The number of nitrogens with one attached hydrogen (secondary N) is 1. The first kappa shape index (κ1) is 19.2. The summed E-state index contributed by atoms with van der Waals surface area (Å²) in [6.45, 7) is 4.57. The average molecular weight is 340 g/mol. The SMILES string of the molecule is CCONc1ccc(C(=O)C(CC)(Cc2ccccc2)N(C)C)cc1. The standard InChI is InChI=1S/C21H28N2O2/c1-5-21(23(3)4,16-17-10-8-7-9-11-17)20(24)18-12-14-19(15-13-18)22-25-6-2/h7-15,22H,5-6,16H2,1-4H3. The Morgan fingerprint density at radius 2 is 1.68 bits per heavy atom. The van der Waals surface area contributed by atoms with Crippen molar-refractivity contribution in [3.05, 3.63) is 65.7 Å². The second kappa shape index (κ2) is 8.79. The molecule has 2 rings (SSSR count). The van der Waals surface area contributed by atoms with Gasteiger partial charge in [-0.15, -0.1) is 0 Å². The van der Waals surface area contributed by atoms with Crippen molar-refractivity contribution in [1.29, 1.82) is 0 Å². The van der Waals surface area contributed by atoms with Crippen molar-refractivity contribution in [2.75, 3.05) is 26.2 Å². The van der Waals surface area contributed by atoms with Gasteiger partial charge in [-0.1, -0.05) is 37.3 Å². The molecule has 1 atom stereocenters. The topological polar surface area (TPSA) is 41.6 Å². The van der Waals surface area contributed by atoms with Gasteiger partial charge >= 0.3 is 0 Å². The van der Waals surface area contributed by atoms with E-state index in [2.05, 4.69) is 29.4 Å². The van der Waals surface area contributed by atoms with Gasteiger partial charge in [-0.3, -0.25) is 20.0 Å². The number of rotatable bonds is 9. The first-order valence-corrected chi connectivity index (χ1v) is 8.77. The largest absolute Gasteiger partial charge is 0.297 e. The van der Waals surface area contributed by atoms with Crippen molar-refractivity contribution in [2.45, 2.75) is 32.2 Å². The zero-order valence-electron chi connectivity index (χ0n) is 15.6. The van der Waals surface area contributed by atoms with Gasteiger partial charge in [-0.25, -0.2) is 0 Å². The van der Waals surface area contributed by atoms with Gasteiger partial charge in [0.15, 0.2) is 5.78 Å². The molecule has 0 radical (unpaired) electrons. The van der Waals surface area contributed by atoms with Crippen molar-refractivity contribution >= 4 is 11.5 Å². The summed E-state index contributed by atoms with van der Waals surface area (Å²) in [5.41, 5.74) is 5.02. The Morgan fingerprint density at radius 1 is 1.04 bits per heavy atom. The molecule has 0 aliphatic rings. The highest BCUT2D eigenvalue weighted by molar-refractivity contribution is 6.03. The third-order valence-electron chi connectivity index (χ3n) is 4.68. The van der Waals surface area contributed by atoms with E-state index in [4.69, 9.17) is 4.84 Å². The summed E-state index contributed by atoms with van der Waals surface area (Å²) in [7, 11) is 3.96. The van der Waals surface area contributed by atoms with Gasteiger partial charge in [-0.2, -0.15) is 0 Å². The molecule has 0 spiro atoms. The summed E-state index contributed by atoms with van der Waals surface area (Å²) < 4.78 is 0. The van der Waals surface area contributed by atoms with Crippen molar-refractivity contribution < 1.29 is 9.63 Å². The van der Waals surface area contributed by atoms with E-state index < -0.39 is 5.54 Å².